The van der Waals surface area contributed by atoms with Gasteiger partial charge in [-0.25, -0.2) is 4.79 Å². The predicted molar refractivity (Wildman–Crippen MR) is 57.7 cm³/mol. The molecule has 0 saturated heterocycles. The van der Waals surface area contributed by atoms with Crippen molar-refractivity contribution in [1.29, 1.82) is 0 Å². The lowest BCUT2D eigenvalue weighted by molar-refractivity contribution is -0.209. The normalized spacial score (nSPS) is 14.5. The van der Waals surface area contributed by atoms with Crippen molar-refractivity contribution >= 4 is 5.97 Å². The second-order valence-electron chi connectivity index (χ2n) is 3.58. The molecule has 0 aliphatic heterocycles. The molecule has 0 bridgehead atoms. The number of halogens is 3. The molecule has 0 spiro atoms. The van der Waals surface area contributed by atoms with E-state index in [-0.39, 0.29) is 26.1 Å². The summed E-state index contributed by atoms with van der Waals surface area (Å²) in [5.41, 5.74) is 5.25. The fourth-order valence-corrected chi connectivity index (χ4v) is 1.10. The van der Waals surface area contributed by atoms with Gasteiger partial charge in [0, 0.05) is 11.5 Å². The zero-order valence-electron chi connectivity index (χ0n) is 10.1. The SMILES string of the molecule is CCOC(=O)C(C)(NCCCN=[N+]=[N-])C(F)(F)F. The fourth-order valence-electron chi connectivity index (χ4n) is 1.10. The van der Waals surface area contributed by atoms with Gasteiger partial charge in [-0.3, -0.25) is 5.32 Å². The van der Waals surface area contributed by atoms with Gasteiger partial charge in [0.1, 0.15) is 0 Å². The third-order valence-corrected chi connectivity index (χ3v) is 2.23. The number of nitrogens with zero attached hydrogens (tertiary/aromatic N) is 3. The summed E-state index contributed by atoms with van der Waals surface area (Å²) in [5.74, 6) is -1.37. The maximum atomic E-state index is 12.8. The van der Waals surface area contributed by atoms with E-state index in [0.717, 1.165) is 6.92 Å². The molecule has 0 amide bonds. The van der Waals surface area contributed by atoms with E-state index in [4.69, 9.17) is 5.53 Å². The van der Waals surface area contributed by atoms with Crippen molar-refractivity contribution in [2.45, 2.75) is 32.0 Å². The highest BCUT2D eigenvalue weighted by Crippen LogP contribution is 2.31. The molecule has 104 valence electrons. The molecule has 1 N–H and O–H groups in total. The standard InChI is InChI=1S/C9H15F3N4O2/c1-3-18-7(17)8(2,9(10,11)12)14-5-4-6-15-16-13/h14H,3-6H2,1-2H3. The van der Waals surface area contributed by atoms with E-state index in [1.165, 1.54) is 6.92 Å². The zero-order valence-corrected chi connectivity index (χ0v) is 10.1. The second kappa shape index (κ2) is 7.07. The van der Waals surface area contributed by atoms with Crippen molar-refractivity contribution in [1.82, 2.24) is 5.32 Å². The van der Waals surface area contributed by atoms with E-state index in [9.17, 15) is 18.0 Å². The van der Waals surface area contributed by atoms with Crippen LogP contribution in [-0.4, -0.2) is 37.4 Å². The Labute approximate surface area is 102 Å². The van der Waals surface area contributed by atoms with Crippen LogP contribution in [0.5, 0.6) is 0 Å². The molecule has 0 aliphatic carbocycles. The number of nitrogens with one attached hydrogen (secondary N) is 1. The molecular formula is C9H15F3N4O2. The topological polar surface area (TPSA) is 87.1 Å². The lowest BCUT2D eigenvalue weighted by Gasteiger charge is -2.30. The zero-order chi connectivity index (χ0) is 14.2. The minimum Gasteiger partial charge on any atom is -0.464 e. The number of esters is 1. The lowest BCUT2D eigenvalue weighted by Crippen LogP contribution is -2.61. The van der Waals surface area contributed by atoms with Crippen molar-refractivity contribution in [3.05, 3.63) is 10.4 Å². The highest BCUT2D eigenvalue weighted by atomic mass is 19.4. The van der Waals surface area contributed by atoms with Crippen LogP contribution in [0.15, 0.2) is 5.11 Å². The van der Waals surface area contributed by atoms with Gasteiger partial charge in [0.25, 0.3) is 0 Å². The Hall–Kier alpha value is -1.47. The molecule has 0 saturated carbocycles. The molecule has 0 fully saturated rings. The summed E-state index contributed by atoms with van der Waals surface area (Å²) in [6.07, 6.45) is -4.58. The van der Waals surface area contributed by atoms with Crippen molar-refractivity contribution in [3.63, 3.8) is 0 Å². The molecule has 0 aliphatic rings. The van der Waals surface area contributed by atoms with Gasteiger partial charge in [0.15, 0.2) is 0 Å². The number of ether oxygens (including phenoxy) is 1. The average molecular weight is 268 g/mol. The van der Waals surface area contributed by atoms with Gasteiger partial charge in [-0.15, -0.1) is 0 Å². The van der Waals surface area contributed by atoms with Crippen LogP contribution in [-0.2, 0) is 9.53 Å². The number of hydrogen-bond donors (Lipinski definition) is 1. The molecule has 0 aromatic rings. The molecule has 1 atom stereocenters. The van der Waals surface area contributed by atoms with E-state index in [2.05, 4.69) is 20.1 Å². The first-order chi connectivity index (χ1) is 8.29. The molecule has 0 heterocycles. The van der Waals surface area contributed by atoms with Crippen molar-refractivity contribution in [2.75, 3.05) is 19.7 Å². The highest BCUT2D eigenvalue weighted by molar-refractivity contribution is 5.81. The lowest BCUT2D eigenvalue weighted by atomic mass is 10.0. The number of rotatable bonds is 7. The Bertz CT molecular complexity index is 328. The van der Waals surface area contributed by atoms with Gasteiger partial charge in [-0.05, 0) is 32.3 Å². The van der Waals surface area contributed by atoms with Gasteiger partial charge < -0.3 is 4.74 Å². The molecular weight excluding hydrogens is 253 g/mol. The molecule has 0 rings (SSSR count). The summed E-state index contributed by atoms with van der Waals surface area (Å²) in [4.78, 5) is 13.8. The van der Waals surface area contributed by atoms with Crippen molar-refractivity contribution in [2.24, 2.45) is 5.11 Å². The Morgan fingerprint density at radius 1 is 1.50 bits per heavy atom. The van der Waals surface area contributed by atoms with Crippen LogP contribution < -0.4 is 5.32 Å². The van der Waals surface area contributed by atoms with E-state index in [0.29, 0.717) is 0 Å². The van der Waals surface area contributed by atoms with Crippen LogP contribution in [0.4, 0.5) is 13.2 Å². The Balaban J connectivity index is 4.59. The molecule has 6 nitrogen and oxygen atoms in total. The predicted octanol–water partition coefficient (Wildman–Crippen LogP) is 2.16. The van der Waals surface area contributed by atoms with Crippen LogP contribution in [0.2, 0.25) is 0 Å². The summed E-state index contributed by atoms with van der Waals surface area (Å²) in [7, 11) is 0. The van der Waals surface area contributed by atoms with Crippen LogP contribution in [0.3, 0.4) is 0 Å². The number of hydrogen-bond acceptors (Lipinski definition) is 4. The first-order valence-corrected chi connectivity index (χ1v) is 5.29. The fraction of sp³-hybridized carbons (Fsp3) is 0.889. The molecule has 18 heavy (non-hydrogen) atoms. The minimum atomic E-state index is -4.77. The van der Waals surface area contributed by atoms with Crippen LogP contribution in [0.25, 0.3) is 10.4 Å². The van der Waals surface area contributed by atoms with Gasteiger partial charge in [0.2, 0.25) is 5.54 Å². The highest BCUT2D eigenvalue weighted by Gasteiger charge is 2.57. The Morgan fingerprint density at radius 2 is 2.11 bits per heavy atom. The van der Waals surface area contributed by atoms with E-state index in [1.54, 1.807) is 0 Å². The van der Waals surface area contributed by atoms with Crippen LogP contribution in [0, 0.1) is 0 Å². The van der Waals surface area contributed by atoms with Gasteiger partial charge in [-0.2, -0.15) is 13.2 Å². The minimum absolute atomic E-state index is 0.0558. The monoisotopic (exact) mass is 268 g/mol. The number of alkyl halides is 3. The van der Waals surface area contributed by atoms with Gasteiger partial charge in [0.05, 0.1) is 6.61 Å². The summed E-state index contributed by atoms with van der Waals surface area (Å²) >= 11 is 0. The number of carbonyl (C=O) groups is 1. The first-order valence-electron chi connectivity index (χ1n) is 5.29. The van der Waals surface area contributed by atoms with Crippen molar-refractivity contribution < 1.29 is 22.7 Å². The quantitative estimate of drug-likeness (QED) is 0.252. The number of carbonyl (C=O) groups excluding carboxylic acids is 1. The van der Waals surface area contributed by atoms with Crippen LogP contribution in [0.1, 0.15) is 20.3 Å². The summed E-state index contributed by atoms with van der Waals surface area (Å²) in [5, 5.41) is 5.27. The molecule has 0 radical (unpaired) electrons. The third kappa shape index (κ3) is 4.42. The van der Waals surface area contributed by atoms with Crippen molar-refractivity contribution in [3.8, 4) is 0 Å². The first kappa shape index (κ1) is 16.5. The maximum absolute atomic E-state index is 12.8. The maximum Gasteiger partial charge on any atom is 0.417 e. The summed E-state index contributed by atoms with van der Waals surface area (Å²) in [6, 6.07) is 0. The van der Waals surface area contributed by atoms with Gasteiger partial charge in [-0.1, -0.05) is 5.11 Å². The molecule has 0 aromatic carbocycles. The average Bonchev–Trinajstić information content (AvgIpc) is 2.27. The molecule has 0 aromatic heterocycles. The Kier molecular flexibility index (Phi) is 6.50. The summed E-state index contributed by atoms with van der Waals surface area (Å²) < 4.78 is 42.8. The Morgan fingerprint density at radius 3 is 2.56 bits per heavy atom. The number of azide groups is 1. The van der Waals surface area contributed by atoms with Gasteiger partial charge >= 0.3 is 12.1 Å². The second-order valence-corrected chi connectivity index (χ2v) is 3.58. The van der Waals surface area contributed by atoms with E-state index >= 15 is 0 Å². The third-order valence-electron chi connectivity index (χ3n) is 2.23. The molecule has 1 unspecified atom stereocenters. The molecule has 9 heteroatoms. The summed E-state index contributed by atoms with van der Waals surface area (Å²) in [6.45, 7) is 1.95. The van der Waals surface area contributed by atoms with Crippen LogP contribution >= 0.6 is 0 Å². The largest absolute Gasteiger partial charge is 0.464 e. The smallest absolute Gasteiger partial charge is 0.417 e. The van der Waals surface area contributed by atoms with E-state index in [1.807, 2.05) is 0 Å². The van der Waals surface area contributed by atoms with E-state index < -0.39 is 17.7 Å².